The summed E-state index contributed by atoms with van der Waals surface area (Å²) in [5, 5.41) is 1.44. The normalized spacial score (nSPS) is 19.3. The van der Waals surface area contributed by atoms with Gasteiger partial charge in [-0.1, -0.05) is 33.6 Å². The van der Waals surface area contributed by atoms with Crippen LogP contribution in [0, 0.1) is 0 Å². The third-order valence-corrected chi connectivity index (χ3v) is 5.46. The summed E-state index contributed by atoms with van der Waals surface area (Å²) in [4.78, 5) is 2.06. The van der Waals surface area contributed by atoms with Crippen LogP contribution >= 0.6 is 27.5 Å². The lowest BCUT2D eigenvalue weighted by Crippen LogP contribution is -2.40. The minimum absolute atomic E-state index is 0.227. The van der Waals surface area contributed by atoms with Gasteiger partial charge in [-0.3, -0.25) is 0 Å². The Bertz CT molecular complexity index is 504. The molecule has 0 saturated carbocycles. The zero-order chi connectivity index (χ0) is 12.5. The Hall–Kier alpha value is -0.260. The van der Waals surface area contributed by atoms with Gasteiger partial charge in [-0.25, -0.2) is 8.42 Å². The molecule has 1 aliphatic rings. The number of hydrogen-bond acceptors (Lipinski definition) is 3. The number of hydrogen-bond donors (Lipinski definition) is 0. The van der Waals surface area contributed by atoms with E-state index in [1.807, 2.05) is 18.2 Å². The lowest BCUT2D eigenvalue weighted by atomic mass is 10.2. The van der Waals surface area contributed by atoms with Crippen LogP contribution in [0.15, 0.2) is 18.2 Å². The molecule has 17 heavy (non-hydrogen) atoms. The maximum Gasteiger partial charge on any atom is 0.153 e. The van der Waals surface area contributed by atoms with Crippen molar-refractivity contribution in [1.29, 1.82) is 0 Å². The predicted molar refractivity (Wildman–Crippen MR) is 74.9 cm³/mol. The second-order valence-electron chi connectivity index (χ2n) is 4.05. The molecular weight excluding hydrogens is 326 g/mol. The highest BCUT2D eigenvalue weighted by molar-refractivity contribution is 9.08. The van der Waals surface area contributed by atoms with Gasteiger partial charge in [0.15, 0.2) is 9.84 Å². The van der Waals surface area contributed by atoms with Gasteiger partial charge in [0.1, 0.15) is 0 Å². The Morgan fingerprint density at radius 2 is 1.94 bits per heavy atom. The van der Waals surface area contributed by atoms with Crippen molar-refractivity contribution in [3.05, 3.63) is 28.8 Å². The van der Waals surface area contributed by atoms with E-state index < -0.39 is 9.84 Å². The van der Waals surface area contributed by atoms with Crippen LogP contribution < -0.4 is 4.90 Å². The van der Waals surface area contributed by atoms with Crippen LogP contribution in [0.25, 0.3) is 0 Å². The Labute approximate surface area is 115 Å². The summed E-state index contributed by atoms with van der Waals surface area (Å²) < 4.78 is 22.7. The Morgan fingerprint density at radius 1 is 1.29 bits per heavy atom. The molecule has 1 aliphatic heterocycles. The van der Waals surface area contributed by atoms with Gasteiger partial charge in [-0.15, -0.1) is 0 Å². The zero-order valence-corrected chi connectivity index (χ0v) is 12.4. The van der Waals surface area contributed by atoms with E-state index in [1.165, 1.54) is 0 Å². The highest BCUT2D eigenvalue weighted by Gasteiger charge is 2.21. The maximum atomic E-state index is 11.3. The summed E-state index contributed by atoms with van der Waals surface area (Å²) in [7, 11) is -2.83. The van der Waals surface area contributed by atoms with E-state index >= 15 is 0 Å². The summed E-state index contributed by atoms with van der Waals surface area (Å²) in [6.45, 7) is 1.10. The summed E-state index contributed by atoms with van der Waals surface area (Å²) in [5.74, 6) is 0.454. The first kappa shape index (κ1) is 13.2. The van der Waals surface area contributed by atoms with Crippen LogP contribution in [0.5, 0.6) is 0 Å². The van der Waals surface area contributed by atoms with E-state index in [4.69, 9.17) is 11.6 Å². The van der Waals surface area contributed by atoms with Crippen LogP contribution in [-0.4, -0.2) is 33.0 Å². The van der Waals surface area contributed by atoms with Gasteiger partial charge in [0, 0.05) is 29.1 Å². The molecule has 1 heterocycles. The molecule has 0 atom stereocenters. The number of rotatable bonds is 2. The van der Waals surface area contributed by atoms with Crippen molar-refractivity contribution in [1.82, 2.24) is 0 Å². The van der Waals surface area contributed by atoms with Gasteiger partial charge in [0.05, 0.1) is 11.5 Å². The topological polar surface area (TPSA) is 37.4 Å². The number of nitrogens with zero attached hydrogens (tertiary/aromatic N) is 1. The average Bonchev–Trinajstić information content (AvgIpc) is 2.29. The first-order valence-corrected chi connectivity index (χ1v) is 8.64. The Kier molecular flexibility index (Phi) is 4.00. The quantitative estimate of drug-likeness (QED) is 0.778. The molecule has 1 saturated heterocycles. The summed E-state index contributed by atoms with van der Waals surface area (Å²) in [6.07, 6.45) is 0. The third-order valence-electron chi connectivity index (χ3n) is 2.89. The molecule has 6 heteroatoms. The summed E-state index contributed by atoms with van der Waals surface area (Å²) in [6, 6.07) is 5.85. The number of halogens is 2. The fourth-order valence-corrected chi connectivity index (χ4v) is 3.91. The van der Waals surface area contributed by atoms with Crippen molar-refractivity contribution in [2.24, 2.45) is 0 Å². The SMILES string of the molecule is O=S1(=O)CCN(c2ccc(CBr)c(Cl)c2)CC1. The Morgan fingerprint density at radius 3 is 2.47 bits per heavy atom. The molecule has 0 spiro atoms. The van der Waals surface area contributed by atoms with E-state index in [-0.39, 0.29) is 11.5 Å². The molecule has 0 bridgehead atoms. The molecular formula is C11H13BrClNO2S. The average molecular weight is 339 g/mol. The number of benzene rings is 1. The van der Waals surface area contributed by atoms with Crippen LogP contribution in [-0.2, 0) is 15.2 Å². The molecule has 0 N–H and O–H groups in total. The molecule has 94 valence electrons. The third kappa shape index (κ3) is 3.14. The Balaban J connectivity index is 2.16. The molecule has 1 aromatic rings. The van der Waals surface area contributed by atoms with E-state index in [1.54, 1.807) is 0 Å². The van der Waals surface area contributed by atoms with E-state index in [9.17, 15) is 8.42 Å². The standard InChI is InChI=1S/C11H13BrClNO2S/c12-8-9-1-2-10(7-11(9)13)14-3-5-17(15,16)6-4-14/h1-2,7H,3-6,8H2. The van der Waals surface area contributed by atoms with Crippen LogP contribution in [0.1, 0.15) is 5.56 Å². The number of sulfone groups is 1. The van der Waals surface area contributed by atoms with Crippen molar-refractivity contribution in [2.75, 3.05) is 29.5 Å². The van der Waals surface area contributed by atoms with Crippen LogP contribution in [0.3, 0.4) is 0 Å². The molecule has 0 amide bonds. The van der Waals surface area contributed by atoms with E-state index in [0.717, 1.165) is 16.6 Å². The minimum atomic E-state index is -2.83. The first-order chi connectivity index (χ1) is 8.02. The van der Waals surface area contributed by atoms with Crippen LogP contribution in [0.2, 0.25) is 5.02 Å². The predicted octanol–water partition coefficient (Wildman–Crippen LogP) is 2.47. The van der Waals surface area contributed by atoms with E-state index in [0.29, 0.717) is 18.1 Å². The fraction of sp³-hybridized carbons (Fsp3) is 0.455. The van der Waals surface area contributed by atoms with Crippen molar-refractivity contribution >= 4 is 43.1 Å². The highest BCUT2D eigenvalue weighted by atomic mass is 79.9. The fourth-order valence-electron chi connectivity index (χ4n) is 1.81. The van der Waals surface area contributed by atoms with E-state index in [2.05, 4.69) is 20.8 Å². The molecule has 1 aromatic carbocycles. The molecule has 0 aliphatic carbocycles. The van der Waals surface area contributed by atoms with Crippen molar-refractivity contribution < 1.29 is 8.42 Å². The zero-order valence-electron chi connectivity index (χ0n) is 9.20. The first-order valence-electron chi connectivity index (χ1n) is 5.31. The molecule has 0 radical (unpaired) electrons. The lowest BCUT2D eigenvalue weighted by Gasteiger charge is -2.29. The second kappa shape index (κ2) is 5.16. The van der Waals surface area contributed by atoms with Crippen LogP contribution in [0.4, 0.5) is 5.69 Å². The van der Waals surface area contributed by atoms with Gasteiger partial charge in [0.2, 0.25) is 0 Å². The van der Waals surface area contributed by atoms with Crippen molar-refractivity contribution in [3.63, 3.8) is 0 Å². The molecule has 3 nitrogen and oxygen atoms in total. The molecule has 1 fully saturated rings. The van der Waals surface area contributed by atoms with Crippen molar-refractivity contribution in [2.45, 2.75) is 5.33 Å². The number of anilines is 1. The maximum absolute atomic E-state index is 11.3. The van der Waals surface area contributed by atoms with Gasteiger partial charge in [-0.05, 0) is 17.7 Å². The highest BCUT2D eigenvalue weighted by Crippen LogP contribution is 2.26. The molecule has 0 unspecified atom stereocenters. The van der Waals surface area contributed by atoms with Crippen molar-refractivity contribution in [3.8, 4) is 0 Å². The smallest absolute Gasteiger partial charge is 0.153 e. The molecule has 0 aromatic heterocycles. The second-order valence-corrected chi connectivity index (χ2v) is 7.32. The summed E-state index contributed by atoms with van der Waals surface area (Å²) in [5.41, 5.74) is 2.04. The van der Waals surface area contributed by atoms with Gasteiger partial charge >= 0.3 is 0 Å². The van der Waals surface area contributed by atoms with Gasteiger partial charge < -0.3 is 4.90 Å². The molecule has 2 rings (SSSR count). The lowest BCUT2D eigenvalue weighted by molar-refractivity contribution is 0.587. The minimum Gasteiger partial charge on any atom is -0.369 e. The van der Waals surface area contributed by atoms with Gasteiger partial charge in [0.25, 0.3) is 0 Å². The summed E-state index contributed by atoms with van der Waals surface area (Å²) >= 11 is 9.50. The largest absolute Gasteiger partial charge is 0.369 e. The monoisotopic (exact) mass is 337 g/mol. The van der Waals surface area contributed by atoms with Gasteiger partial charge in [-0.2, -0.15) is 0 Å². The number of alkyl halides is 1.